The van der Waals surface area contributed by atoms with Crippen molar-refractivity contribution in [2.45, 2.75) is 20.3 Å². The number of aryl methyl sites for hydroxylation is 1. The summed E-state index contributed by atoms with van der Waals surface area (Å²) >= 11 is 1.68. The van der Waals surface area contributed by atoms with Crippen LogP contribution in [0.4, 0.5) is 5.00 Å². The zero-order valence-corrected chi connectivity index (χ0v) is 7.48. The normalized spacial score (nSPS) is 21.8. The third-order valence-electron chi connectivity index (χ3n) is 1.75. The van der Waals surface area contributed by atoms with Crippen molar-refractivity contribution in [3.8, 4) is 0 Å². The van der Waals surface area contributed by atoms with Crippen molar-refractivity contribution in [3.05, 3.63) is 10.7 Å². The summed E-state index contributed by atoms with van der Waals surface area (Å²) in [5.74, 6) is 0.559. The zero-order chi connectivity index (χ0) is 7.84. The Morgan fingerprint density at radius 3 is 3.27 bits per heavy atom. The Morgan fingerprint density at radius 2 is 2.45 bits per heavy atom. The maximum absolute atomic E-state index is 4.41. The molecule has 0 aromatic carbocycles. The Balaban J connectivity index is 2.44. The third kappa shape index (κ3) is 1.20. The first-order chi connectivity index (χ1) is 5.25. The number of thiazole rings is 1. The van der Waals surface area contributed by atoms with E-state index in [0.29, 0.717) is 5.92 Å². The van der Waals surface area contributed by atoms with E-state index in [4.69, 9.17) is 0 Å². The molecule has 0 radical (unpaired) electrons. The van der Waals surface area contributed by atoms with Crippen LogP contribution in [0.1, 0.15) is 17.6 Å². The molecule has 0 saturated carbocycles. The van der Waals surface area contributed by atoms with Crippen molar-refractivity contribution in [1.82, 2.24) is 4.98 Å². The average Bonchev–Trinajstić information content (AvgIpc) is 2.27. The number of hydrogen-bond donors (Lipinski definition) is 0. The number of hydrogen-bond acceptors (Lipinski definition) is 3. The summed E-state index contributed by atoms with van der Waals surface area (Å²) in [5.41, 5.74) is 1.18. The highest BCUT2D eigenvalue weighted by molar-refractivity contribution is 7.15. The van der Waals surface area contributed by atoms with Gasteiger partial charge in [-0.1, -0.05) is 18.3 Å². The summed E-state index contributed by atoms with van der Waals surface area (Å²) < 4.78 is 0. The van der Waals surface area contributed by atoms with E-state index in [1.807, 2.05) is 13.1 Å². The molecule has 1 aromatic rings. The highest BCUT2D eigenvalue weighted by atomic mass is 32.1. The van der Waals surface area contributed by atoms with Crippen LogP contribution in [-0.4, -0.2) is 11.2 Å². The Labute approximate surface area is 70.0 Å². The van der Waals surface area contributed by atoms with Crippen LogP contribution in [0.25, 0.3) is 0 Å². The second kappa shape index (κ2) is 2.41. The van der Waals surface area contributed by atoms with E-state index in [9.17, 15) is 0 Å². The van der Waals surface area contributed by atoms with Crippen LogP contribution in [0.15, 0.2) is 4.99 Å². The van der Waals surface area contributed by atoms with Gasteiger partial charge in [0.2, 0.25) is 0 Å². The molecule has 0 bridgehead atoms. The molecule has 1 aromatic heterocycles. The Morgan fingerprint density at radius 1 is 1.64 bits per heavy atom. The van der Waals surface area contributed by atoms with E-state index < -0.39 is 0 Å². The zero-order valence-electron chi connectivity index (χ0n) is 6.66. The second-order valence-electron chi connectivity index (χ2n) is 2.94. The fourth-order valence-corrected chi connectivity index (χ4v) is 2.04. The molecule has 1 aliphatic rings. The maximum atomic E-state index is 4.41. The minimum Gasteiger partial charge on any atom is -0.248 e. The van der Waals surface area contributed by atoms with Crippen LogP contribution in [0, 0.1) is 12.8 Å². The molecule has 0 amide bonds. The molecular formula is C8H10N2S. The summed E-state index contributed by atoms with van der Waals surface area (Å²) in [6.07, 6.45) is 3.07. The van der Waals surface area contributed by atoms with E-state index >= 15 is 0 Å². The van der Waals surface area contributed by atoms with Crippen LogP contribution >= 0.6 is 11.3 Å². The van der Waals surface area contributed by atoms with E-state index in [1.165, 1.54) is 5.69 Å². The first-order valence-corrected chi connectivity index (χ1v) is 4.58. The molecular weight excluding hydrogens is 156 g/mol. The van der Waals surface area contributed by atoms with Crippen molar-refractivity contribution < 1.29 is 0 Å². The minimum absolute atomic E-state index is 0.559. The van der Waals surface area contributed by atoms with E-state index in [2.05, 4.69) is 16.9 Å². The lowest BCUT2D eigenvalue weighted by atomic mass is 10.1. The van der Waals surface area contributed by atoms with E-state index in [0.717, 1.165) is 16.4 Å². The van der Waals surface area contributed by atoms with E-state index in [1.54, 1.807) is 11.3 Å². The lowest BCUT2D eigenvalue weighted by Crippen LogP contribution is -2.04. The van der Waals surface area contributed by atoms with Crippen molar-refractivity contribution in [1.29, 1.82) is 0 Å². The summed E-state index contributed by atoms with van der Waals surface area (Å²) in [6, 6.07) is 0. The summed E-state index contributed by atoms with van der Waals surface area (Å²) in [6.45, 7) is 4.20. The van der Waals surface area contributed by atoms with Gasteiger partial charge < -0.3 is 0 Å². The fourth-order valence-electron chi connectivity index (χ4n) is 1.25. The average molecular weight is 166 g/mol. The van der Waals surface area contributed by atoms with Gasteiger partial charge >= 0.3 is 0 Å². The van der Waals surface area contributed by atoms with Gasteiger partial charge in [0, 0.05) is 12.6 Å². The molecule has 1 unspecified atom stereocenters. The first kappa shape index (κ1) is 6.98. The smallest absolute Gasteiger partial charge is 0.138 e. The van der Waals surface area contributed by atoms with Crippen LogP contribution in [-0.2, 0) is 6.42 Å². The number of nitrogens with zero attached hydrogens (tertiary/aromatic N) is 2. The molecule has 11 heavy (non-hydrogen) atoms. The van der Waals surface area contributed by atoms with Gasteiger partial charge in [0.1, 0.15) is 5.00 Å². The molecule has 2 heterocycles. The molecule has 2 nitrogen and oxygen atoms in total. The van der Waals surface area contributed by atoms with Gasteiger partial charge in [0.05, 0.1) is 10.7 Å². The number of aromatic nitrogens is 1. The molecule has 3 heteroatoms. The Hall–Kier alpha value is -0.700. The third-order valence-corrected chi connectivity index (χ3v) is 2.67. The summed E-state index contributed by atoms with van der Waals surface area (Å²) in [4.78, 5) is 8.73. The maximum Gasteiger partial charge on any atom is 0.138 e. The van der Waals surface area contributed by atoms with Gasteiger partial charge in [-0.3, -0.25) is 0 Å². The SMILES string of the molecule is Cc1nc2c(s1)N=CC(C)C2. The highest BCUT2D eigenvalue weighted by Gasteiger charge is 2.14. The molecule has 0 N–H and O–H groups in total. The van der Waals surface area contributed by atoms with Gasteiger partial charge in [-0.05, 0) is 12.8 Å². The van der Waals surface area contributed by atoms with Crippen LogP contribution < -0.4 is 0 Å². The van der Waals surface area contributed by atoms with Crippen LogP contribution in [0.3, 0.4) is 0 Å². The number of aliphatic imine (C=N–C) groups is 1. The molecule has 0 saturated heterocycles. The predicted octanol–water partition coefficient (Wildman–Crippen LogP) is 2.35. The quantitative estimate of drug-likeness (QED) is 0.580. The molecule has 0 spiro atoms. The highest BCUT2D eigenvalue weighted by Crippen LogP contribution is 2.31. The Bertz CT molecular complexity index is 301. The first-order valence-electron chi connectivity index (χ1n) is 3.76. The van der Waals surface area contributed by atoms with Crippen LogP contribution in [0.2, 0.25) is 0 Å². The number of rotatable bonds is 0. The molecule has 58 valence electrons. The van der Waals surface area contributed by atoms with Crippen LogP contribution in [0.5, 0.6) is 0 Å². The second-order valence-corrected chi connectivity index (χ2v) is 4.13. The van der Waals surface area contributed by atoms with Crippen molar-refractivity contribution in [2.75, 3.05) is 0 Å². The van der Waals surface area contributed by atoms with Gasteiger partial charge in [-0.15, -0.1) is 0 Å². The monoisotopic (exact) mass is 166 g/mol. The minimum atomic E-state index is 0.559. The lowest BCUT2D eigenvalue weighted by Gasteiger charge is -2.07. The van der Waals surface area contributed by atoms with Gasteiger partial charge in [0.25, 0.3) is 0 Å². The molecule has 0 fully saturated rings. The molecule has 1 atom stereocenters. The van der Waals surface area contributed by atoms with Gasteiger partial charge in [-0.2, -0.15) is 0 Å². The largest absolute Gasteiger partial charge is 0.248 e. The topological polar surface area (TPSA) is 25.2 Å². The Kier molecular flexibility index (Phi) is 1.53. The van der Waals surface area contributed by atoms with Gasteiger partial charge in [0.15, 0.2) is 0 Å². The summed E-state index contributed by atoms with van der Waals surface area (Å²) in [7, 11) is 0. The van der Waals surface area contributed by atoms with Crippen molar-refractivity contribution in [3.63, 3.8) is 0 Å². The standard InChI is InChI=1S/C8H10N2S/c1-5-3-7-8(9-4-5)11-6(2)10-7/h4-5H,3H2,1-2H3. The number of fused-ring (bicyclic) bond motifs is 1. The summed E-state index contributed by atoms with van der Waals surface area (Å²) in [5, 5.41) is 2.24. The fraction of sp³-hybridized carbons (Fsp3) is 0.500. The van der Waals surface area contributed by atoms with Crippen molar-refractivity contribution >= 4 is 22.6 Å². The molecule has 2 rings (SSSR count). The van der Waals surface area contributed by atoms with Crippen molar-refractivity contribution in [2.24, 2.45) is 10.9 Å². The van der Waals surface area contributed by atoms with Gasteiger partial charge in [-0.25, -0.2) is 9.98 Å². The molecule has 1 aliphatic heterocycles. The lowest BCUT2D eigenvalue weighted by molar-refractivity contribution is 0.754. The molecule has 0 aliphatic carbocycles. The predicted molar refractivity (Wildman–Crippen MR) is 47.9 cm³/mol. The van der Waals surface area contributed by atoms with E-state index in [-0.39, 0.29) is 0 Å².